The average molecular weight is 286 g/mol. The molecule has 0 radical (unpaired) electrons. The van der Waals surface area contributed by atoms with Gasteiger partial charge in [0.2, 0.25) is 0 Å². The second kappa shape index (κ2) is 5.80. The number of carbonyl (C=O) groups excluding carboxylic acids is 1. The molecule has 0 fully saturated rings. The smallest absolute Gasteiger partial charge is 0.251 e. The van der Waals surface area contributed by atoms with E-state index in [0.29, 0.717) is 12.5 Å². The lowest BCUT2D eigenvalue weighted by Gasteiger charge is -2.28. The van der Waals surface area contributed by atoms with E-state index < -0.39 is 0 Å². The highest BCUT2D eigenvalue weighted by Gasteiger charge is 2.18. The third-order valence-electron chi connectivity index (χ3n) is 4.20. The lowest BCUT2D eigenvalue weighted by molar-refractivity contribution is -0.113. The molecule has 1 N–H and O–H groups in total. The number of hydrogen-bond acceptors (Lipinski definition) is 3. The van der Waals surface area contributed by atoms with Crippen molar-refractivity contribution in [2.24, 2.45) is 5.92 Å². The fourth-order valence-electron chi connectivity index (χ4n) is 2.95. The van der Waals surface area contributed by atoms with Crippen LogP contribution in [0, 0.1) is 5.92 Å². The summed E-state index contributed by atoms with van der Waals surface area (Å²) in [4.78, 5) is 14.5. The summed E-state index contributed by atoms with van der Waals surface area (Å²) in [6, 6.07) is 5.82. The number of nitrogens with zero attached hydrogens (tertiary/aromatic N) is 1. The van der Waals surface area contributed by atoms with Crippen LogP contribution in [0.25, 0.3) is 0 Å². The van der Waals surface area contributed by atoms with Gasteiger partial charge in [0.05, 0.1) is 12.2 Å². The summed E-state index contributed by atoms with van der Waals surface area (Å²) in [5.74, 6) is 1.41. The van der Waals surface area contributed by atoms with E-state index in [1.807, 2.05) is 25.2 Å². The summed E-state index contributed by atoms with van der Waals surface area (Å²) in [5, 5.41) is 3.01. The largest absolute Gasteiger partial charge is 0.490 e. The second-order valence-corrected chi connectivity index (χ2v) is 5.97. The third-order valence-corrected chi connectivity index (χ3v) is 4.20. The lowest BCUT2D eigenvalue weighted by atomic mass is 9.91. The highest BCUT2D eigenvalue weighted by molar-refractivity contribution is 6.04. The van der Waals surface area contributed by atoms with Gasteiger partial charge in [0.1, 0.15) is 12.4 Å². The zero-order valence-electron chi connectivity index (χ0n) is 12.7. The van der Waals surface area contributed by atoms with E-state index >= 15 is 0 Å². The Morgan fingerprint density at radius 3 is 3.10 bits per heavy atom. The van der Waals surface area contributed by atoms with Crippen molar-refractivity contribution < 1.29 is 9.53 Å². The van der Waals surface area contributed by atoms with Crippen molar-refractivity contribution >= 4 is 17.3 Å². The Hall–Kier alpha value is -1.97. The molecule has 0 bridgehead atoms. The van der Waals surface area contributed by atoms with Gasteiger partial charge in [-0.25, -0.2) is 0 Å². The monoisotopic (exact) mass is 286 g/mol. The van der Waals surface area contributed by atoms with Crippen LogP contribution >= 0.6 is 0 Å². The van der Waals surface area contributed by atoms with Gasteiger partial charge >= 0.3 is 0 Å². The van der Waals surface area contributed by atoms with E-state index in [2.05, 4.69) is 23.2 Å². The number of amides is 1. The summed E-state index contributed by atoms with van der Waals surface area (Å²) < 4.78 is 5.62. The molecule has 2 aliphatic rings. The topological polar surface area (TPSA) is 41.6 Å². The normalized spacial score (nSPS) is 21.1. The first-order chi connectivity index (χ1) is 10.1. The molecular weight excluding hydrogens is 264 g/mol. The molecule has 3 rings (SSSR count). The first-order valence-electron chi connectivity index (χ1n) is 7.63. The molecule has 4 heteroatoms. The molecule has 4 nitrogen and oxygen atoms in total. The van der Waals surface area contributed by atoms with E-state index in [9.17, 15) is 4.79 Å². The maximum atomic E-state index is 12.3. The highest BCUT2D eigenvalue weighted by atomic mass is 16.5. The Kier molecular flexibility index (Phi) is 3.86. The van der Waals surface area contributed by atoms with Gasteiger partial charge in [0.15, 0.2) is 0 Å². The molecule has 0 saturated carbocycles. The number of benzene rings is 1. The number of hydrogen-bond donors (Lipinski definition) is 1. The van der Waals surface area contributed by atoms with Crippen molar-refractivity contribution in [1.82, 2.24) is 0 Å². The van der Waals surface area contributed by atoms with Gasteiger partial charge in [-0.1, -0.05) is 13.0 Å². The number of carbonyl (C=O) groups is 1. The first-order valence-corrected chi connectivity index (χ1v) is 7.63. The maximum Gasteiger partial charge on any atom is 0.251 e. The van der Waals surface area contributed by atoms with E-state index in [1.54, 1.807) is 0 Å². The van der Waals surface area contributed by atoms with Crippen LogP contribution < -0.4 is 15.0 Å². The fourth-order valence-corrected chi connectivity index (χ4v) is 2.95. The van der Waals surface area contributed by atoms with Gasteiger partial charge in [-0.05, 0) is 43.4 Å². The molecule has 1 aromatic rings. The SMILES string of the molecule is CC1C=C(C(=O)Nc2ccc3c(c2)N(C)CCO3)CCC1. The minimum absolute atomic E-state index is 0.0286. The molecule has 0 spiro atoms. The van der Waals surface area contributed by atoms with Gasteiger partial charge < -0.3 is 15.0 Å². The minimum atomic E-state index is 0.0286. The highest BCUT2D eigenvalue weighted by Crippen LogP contribution is 2.33. The molecule has 1 aromatic carbocycles. The van der Waals surface area contributed by atoms with Crippen LogP contribution in [0.5, 0.6) is 5.75 Å². The van der Waals surface area contributed by atoms with Crippen LogP contribution in [0.2, 0.25) is 0 Å². The van der Waals surface area contributed by atoms with Crippen LogP contribution in [0.1, 0.15) is 26.2 Å². The molecule has 112 valence electrons. The number of fused-ring (bicyclic) bond motifs is 1. The predicted octanol–water partition coefficient (Wildman–Crippen LogP) is 3.20. The molecule has 0 aromatic heterocycles. The van der Waals surface area contributed by atoms with E-state index in [4.69, 9.17) is 4.74 Å². The number of anilines is 2. The molecular formula is C17H22N2O2. The Balaban J connectivity index is 1.76. The van der Waals surface area contributed by atoms with Crippen molar-refractivity contribution in [3.8, 4) is 5.75 Å². The van der Waals surface area contributed by atoms with Crippen molar-refractivity contribution in [3.63, 3.8) is 0 Å². The van der Waals surface area contributed by atoms with Crippen molar-refractivity contribution in [3.05, 3.63) is 29.8 Å². The van der Waals surface area contributed by atoms with Gasteiger partial charge in [0, 0.05) is 18.3 Å². The summed E-state index contributed by atoms with van der Waals surface area (Å²) in [6.07, 6.45) is 5.26. The summed E-state index contributed by atoms with van der Waals surface area (Å²) in [7, 11) is 2.04. The van der Waals surface area contributed by atoms with E-state index in [0.717, 1.165) is 42.1 Å². The molecule has 1 amide bonds. The van der Waals surface area contributed by atoms with Gasteiger partial charge in [-0.3, -0.25) is 4.79 Å². The number of ether oxygens (including phenoxy) is 1. The minimum Gasteiger partial charge on any atom is -0.490 e. The van der Waals surface area contributed by atoms with Gasteiger partial charge in [-0.2, -0.15) is 0 Å². The molecule has 21 heavy (non-hydrogen) atoms. The molecule has 1 unspecified atom stereocenters. The second-order valence-electron chi connectivity index (χ2n) is 5.97. The number of allylic oxidation sites excluding steroid dienone is 1. The molecule has 1 atom stereocenters. The van der Waals surface area contributed by atoms with E-state index in [-0.39, 0.29) is 5.91 Å². The molecule has 1 heterocycles. The Bertz CT molecular complexity index is 580. The standard InChI is InChI=1S/C17H22N2O2/c1-12-4-3-5-13(10-12)17(20)18-14-6-7-16-15(11-14)19(2)8-9-21-16/h6-7,10-12H,3-5,8-9H2,1-2H3,(H,18,20). The van der Waals surface area contributed by atoms with Crippen molar-refractivity contribution in [1.29, 1.82) is 0 Å². The number of rotatable bonds is 2. The van der Waals surface area contributed by atoms with Crippen LogP contribution in [-0.2, 0) is 4.79 Å². The summed E-state index contributed by atoms with van der Waals surface area (Å²) in [5.41, 5.74) is 2.77. The van der Waals surface area contributed by atoms with Crippen LogP contribution in [0.3, 0.4) is 0 Å². The Labute approximate surface area is 125 Å². The number of nitrogens with one attached hydrogen (secondary N) is 1. The summed E-state index contributed by atoms with van der Waals surface area (Å²) >= 11 is 0. The maximum absolute atomic E-state index is 12.3. The zero-order chi connectivity index (χ0) is 14.8. The van der Waals surface area contributed by atoms with Gasteiger partial charge in [-0.15, -0.1) is 0 Å². The zero-order valence-corrected chi connectivity index (χ0v) is 12.7. The van der Waals surface area contributed by atoms with Crippen LogP contribution in [-0.4, -0.2) is 26.1 Å². The average Bonchev–Trinajstić information content (AvgIpc) is 2.48. The lowest BCUT2D eigenvalue weighted by Crippen LogP contribution is -2.29. The Morgan fingerprint density at radius 1 is 1.43 bits per heavy atom. The molecule has 0 saturated heterocycles. The number of likely N-dealkylation sites (N-methyl/N-ethyl adjacent to an activating group) is 1. The van der Waals surface area contributed by atoms with E-state index in [1.165, 1.54) is 6.42 Å². The summed E-state index contributed by atoms with van der Waals surface area (Å²) in [6.45, 7) is 3.74. The quantitative estimate of drug-likeness (QED) is 0.907. The fraction of sp³-hybridized carbons (Fsp3) is 0.471. The van der Waals surface area contributed by atoms with Crippen molar-refractivity contribution in [2.75, 3.05) is 30.4 Å². The van der Waals surface area contributed by atoms with Crippen LogP contribution in [0.4, 0.5) is 11.4 Å². The first kappa shape index (κ1) is 14.0. The van der Waals surface area contributed by atoms with Gasteiger partial charge in [0.25, 0.3) is 5.91 Å². The molecule has 1 aliphatic heterocycles. The Morgan fingerprint density at radius 2 is 2.29 bits per heavy atom. The predicted molar refractivity (Wildman–Crippen MR) is 84.9 cm³/mol. The third kappa shape index (κ3) is 3.04. The van der Waals surface area contributed by atoms with Crippen LogP contribution in [0.15, 0.2) is 29.8 Å². The molecule has 1 aliphatic carbocycles. The van der Waals surface area contributed by atoms with Crippen molar-refractivity contribution in [2.45, 2.75) is 26.2 Å².